The molecule has 7 heteroatoms. The molecule has 1 aromatic heterocycles. The van der Waals surface area contributed by atoms with Crippen LogP contribution in [0.5, 0.6) is 5.75 Å². The third kappa shape index (κ3) is 3.20. The zero-order chi connectivity index (χ0) is 18.0. The predicted octanol–water partition coefficient (Wildman–Crippen LogP) is 4.09. The van der Waals surface area contributed by atoms with Crippen LogP contribution in [0.1, 0.15) is 25.3 Å². The van der Waals surface area contributed by atoms with Crippen molar-refractivity contribution in [2.45, 2.75) is 25.3 Å². The largest absolute Gasteiger partial charge is 0.493 e. The van der Waals surface area contributed by atoms with Crippen molar-refractivity contribution >= 4 is 16.9 Å². The van der Waals surface area contributed by atoms with Gasteiger partial charge >= 0.3 is 0 Å². The summed E-state index contributed by atoms with van der Waals surface area (Å²) in [5, 5.41) is 0.452. The summed E-state index contributed by atoms with van der Waals surface area (Å²) in [6, 6.07) is 5.99. The maximum absolute atomic E-state index is 14.6. The van der Waals surface area contributed by atoms with Crippen LogP contribution in [0.15, 0.2) is 35.5 Å². The maximum atomic E-state index is 14.6. The zero-order valence-electron chi connectivity index (χ0n) is 14.1. The molecule has 0 fully saturated rings. The molecule has 25 heavy (non-hydrogen) atoms. The van der Waals surface area contributed by atoms with Crippen molar-refractivity contribution in [3.8, 4) is 16.9 Å². The SMILES string of the molecule is CCC1(N=C(N)SC)CCOc2cc(F)c(-c3cccnc3F)cc21. The smallest absolute Gasteiger partial charge is 0.220 e. The lowest BCUT2D eigenvalue weighted by Gasteiger charge is -2.35. The van der Waals surface area contributed by atoms with E-state index in [-0.39, 0.29) is 11.1 Å². The maximum Gasteiger partial charge on any atom is 0.220 e. The summed E-state index contributed by atoms with van der Waals surface area (Å²) in [5.41, 5.74) is 6.32. The first-order valence-electron chi connectivity index (χ1n) is 7.98. The Bertz CT molecular complexity index is 828. The normalized spacial score (nSPS) is 20.1. The van der Waals surface area contributed by atoms with Gasteiger partial charge in [0.1, 0.15) is 11.6 Å². The highest BCUT2D eigenvalue weighted by Crippen LogP contribution is 2.45. The van der Waals surface area contributed by atoms with Crippen LogP contribution in [0, 0.1) is 11.8 Å². The molecule has 2 aromatic rings. The van der Waals surface area contributed by atoms with Gasteiger partial charge in [-0.2, -0.15) is 4.39 Å². The van der Waals surface area contributed by atoms with E-state index < -0.39 is 17.3 Å². The molecule has 2 heterocycles. The van der Waals surface area contributed by atoms with Gasteiger partial charge in [0.05, 0.1) is 12.1 Å². The van der Waals surface area contributed by atoms with Crippen LogP contribution in [0.4, 0.5) is 8.78 Å². The van der Waals surface area contributed by atoms with Crippen molar-refractivity contribution < 1.29 is 13.5 Å². The molecule has 132 valence electrons. The second-order valence-electron chi connectivity index (χ2n) is 5.81. The number of thioether (sulfide) groups is 1. The molecule has 0 radical (unpaired) electrons. The molecule has 2 N–H and O–H groups in total. The van der Waals surface area contributed by atoms with E-state index in [1.165, 1.54) is 30.1 Å². The molecule has 0 aliphatic carbocycles. The molecule has 4 nitrogen and oxygen atoms in total. The van der Waals surface area contributed by atoms with Gasteiger partial charge in [-0.25, -0.2) is 9.37 Å². The number of benzene rings is 1. The fourth-order valence-corrected chi connectivity index (χ4v) is 3.38. The van der Waals surface area contributed by atoms with Gasteiger partial charge in [-0.1, -0.05) is 18.7 Å². The fourth-order valence-electron chi connectivity index (χ4n) is 3.11. The lowest BCUT2D eigenvalue weighted by Crippen LogP contribution is -2.32. The van der Waals surface area contributed by atoms with Gasteiger partial charge in [-0.3, -0.25) is 4.99 Å². The van der Waals surface area contributed by atoms with Crippen LogP contribution in [0.3, 0.4) is 0 Å². The molecule has 1 aliphatic rings. The Morgan fingerprint density at radius 1 is 1.40 bits per heavy atom. The highest BCUT2D eigenvalue weighted by molar-refractivity contribution is 8.13. The third-order valence-corrected chi connectivity index (χ3v) is 5.02. The van der Waals surface area contributed by atoms with Gasteiger partial charge in [-0.15, -0.1) is 0 Å². The summed E-state index contributed by atoms with van der Waals surface area (Å²) in [4.78, 5) is 8.29. The Morgan fingerprint density at radius 3 is 2.88 bits per heavy atom. The minimum absolute atomic E-state index is 0.111. The Kier molecular flexibility index (Phi) is 4.94. The van der Waals surface area contributed by atoms with Gasteiger partial charge < -0.3 is 10.5 Å². The van der Waals surface area contributed by atoms with Crippen molar-refractivity contribution in [2.24, 2.45) is 10.7 Å². The van der Waals surface area contributed by atoms with E-state index in [1.54, 1.807) is 12.1 Å². The highest BCUT2D eigenvalue weighted by Gasteiger charge is 2.37. The molecule has 0 bridgehead atoms. The Morgan fingerprint density at radius 2 is 2.20 bits per heavy atom. The molecular weight excluding hydrogens is 344 g/mol. The van der Waals surface area contributed by atoms with Crippen LogP contribution in [-0.2, 0) is 5.54 Å². The van der Waals surface area contributed by atoms with Crippen LogP contribution in [0.2, 0.25) is 0 Å². The molecule has 1 aromatic carbocycles. The van der Waals surface area contributed by atoms with Gasteiger partial charge in [0, 0.05) is 35.4 Å². The number of ether oxygens (including phenoxy) is 1. The first-order chi connectivity index (χ1) is 12.0. The van der Waals surface area contributed by atoms with Crippen molar-refractivity contribution in [3.63, 3.8) is 0 Å². The number of amidine groups is 1. The summed E-state index contributed by atoms with van der Waals surface area (Å²) < 4.78 is 34.3. The molecular formula is C18H19F2N3OS. The first kappa shape index (κ1) is 17.7. The van der Waals surface area contributed by atoms with Crippen molar-refractivity contribution in [3.05, 3.63) is 47.8 Å². The first-order valence-corrected chi connectivity index (χ1v) is 9.20. The van der Waals surface area contributed by atoms with Crippen molar-refractivity contribution in [1.29, 1.82) is 0 Å². The lowest BCUT2D eigenvalue weighted by molar-refractivity contribution is 0.213. The second kappa shape index (κ2) is 7.00. The van der Waals surface area contributed by atoms with Crippen LogP contribution >= 0.6 is 11.8 Å². The number of rotatable bonds is 3. The molecule has 1 atom stereocenters. The fraction of sp³-hybridized carbons (Fsp3) is 0.333. The van der Waals surface area contributed by atoms with Gasteiger partial charge in [0.15, 0.2) is 5.17 Å². The van der Waals surface area contributed by atoms with E-state index in [2.05, 4.69) is 9.98 Å². The number of hydrogen-bond acceptors (Lipinski definition) is 4. The average molecular weight is 363 g/mol. The standard InChI is InChI=1S/C18H19F2N3OS/c1-3-18(23-17(21)25-2)6-8-24-15-10-14(19)12(9-13(15)18)11-5-4-7-22-16(11)20/h4-5,7,9-10H,3,6,8H2,1-2H3,(H2,21,23). The predicted molar refractivity (Wildman–Crippen MR) is 96.8 cm³/mol. The number of halogens is 2. The van der Waals surface area contributed by atoms with Gasteiger partial charge in [-0.05, 0) is 30.9 Å². The summed E-state index contributed by atoms with van der Waals surface area (Å²) in [6.45, 7) is 2.42. The van der Waals surface area contributed by atoms with E-state index in [4.69, 9.17) is 10.5 Å². The topological polar surface area (TPSA) is 60.5 Å². The molecule has 1 aliphatic heterocycles. The Balaban J connectivity index is 2.22. The molecule has 0 amide bonds. The lowest BCUT2D eigenvalue weighted by atomic mass is 9.81. The van der Waals surface area contributed by atoms with Crippen molar-refractivity contribution in [1.82, 2.24) is 4.98 Å². The van der Waals surface area contributed by atoms with Crippen LogP contribution in [0.25, 0.3) is 11.1 Å². The molecule has 3 rings (SSSR count). The number of pyridine rings is 1. The summed E-state index contributed by atoms with van der Waals surface area (Å²) in [6.07, 6.45) is 4.48. The zero-order valence-corrected chi connectivity index (χ0v) is 14.9. The average Bonchev–Trinajstić information content (AvgIpc) is 2.62. The summed E-state index contributed by atoms with van der Waals surface area (Å²) in [7, 11) is 0. The molecule has 0 spiro atoms. The van der Waals surface area contributed by atoms with E-state index in [0.29, 0.717) is 30.4 Å². The molecule has 0 saturated heterocycles. The van der Waals surface area contributed by atoms with Gasteiger partial charge in [0.25, 0.3) is 0 Å². The third-order valence-electron chi connectivity index (χ3n) is 4.51. The quantitative estimate of drug-likeness (QED) is 0.507. The number of nitrogens with zero attached hydrogens (tertiary/aromatic N) is 2. The summed E-state index contributed by atoms with van der Waals surface area (Å²) in [5.74, 6) is -0.844. The number of hydrogen-bond donors (Lipinski definition) is 1. The number of aromatic nitrogens is 1. The minimum Gasteiger partial charge on any atom is -0.493 e. The van der Waals surface area contributed by atoms with E-state index in [0.717, 1.165) is 5.56 Å². The number of nitrogens with two attached hydrogens (primary N) is 1. The van der Waals surface area contributed by atoms with Crippen molar-refractivity contribution in [2.75, 3.05) is 12.9 Å². The van der Waals surface area contributed by atoms with E-state index in [1.807, 2.05) is 13.2 Å². The monoisotopic (exact) mass is 363 g/mol. The number of fused-ring (bicyclic) bond motifs is 1. The minimum atomic E-state index is -0.715. The van der Waals surface area contributed by atoms with Crippen LogP contribution < -0.4 is 10.5 Å². The molecule has 0 saturated carbocycles. The summed E-state index contributed by atoms with van der Waals surface area (Å²) >= 11 is 1.36. The second-order valence-corrected chi connectivity index (χ2v) is 6.63. The Hall–Kier alpha value is -2.15. The number of aliphatic imine (C=N–C) groups is 1. The van der Waals surface area contributed by atoms with E-state index in [9.17, 15) is 8.78 Å². The van der Waals surface area contributed by atoms with Gasteiger partial charge in [0.2, 0.25) is 5.95 Å². The van der Waals surface area contributed by atoms with E-state index >= 15 is 0 Å². The van der Waals surface area contributed by atoms with Crippen LogP contribution in [-0.4, -0.2) is 23.0 Å². The highest BCUT2D eigenvalue weighted by atomic mass is 32.2. The Labute approximate surface area is 149 Å². The molecule has 1 unspecified atom stereocenters.